The van der Waals surface area contributed by atoms with Crippen LogP contribution in [0.15, 0.2) is 29.0 Å². The Morgan fingerprint density at radius 2 is 2.28 bits per heavy atom. The fourth-order valence-corrected chi connectivity index (χ4v) is 4.23. The third-order valence-electron chi connectivity index (χ3n) is 5.53. The van der Waals surface area contributed by atoms with E-state index in [1.165, 1.54) is 12.8 Å². The molecule has 1 spiro atoms. The van der Waals surface area contributed by atoms with Crippen LogP contribution in [-0.2, 0) is 4.74 Å². The van der Waals surface area contributed by atoms with Gasteiger partial charge in [-0.2, -0.15) is 4.98 Å². The number of nitrogens with zero attached hydrogens (tertiary/aromatic N) is 3. The van der Waals surface area contributed by atoms with Gasteiger partial charge in [0.05, 0.1) is 11.7 Å². The third-order valence-corrected chi connectivity index (χ3v) is 5.53. The molecule has 132 valence electrons. The number of pyridine rings is 1. The molecule has 2 heterocycles. The molecule has 0 saturated heterocycles. The largest absolute Gasteiger partial charge is 0.378 e. The normalized spacial score (nSPS) is 24.2. The van der Waals surface area contributed by atoms with Crippen LogP contribution in [-0.4, -0.2) is 39.8 Å². The summed E-state index contributed by atoms with van der Waals surface area (Å²) >= 11 is 0. The molecule has 0 aliphatic heterocycles. The number of carbonyl (C=O) groups is 1. The summed E-state index contributed by atoms with van der Waals surface area (Å²) in [4.78, 5) is 20.8. The Morgan fingerprint density at radius 3 is 3.00 bits per heavy atom. The van der Waals surface area contributed by atoms with Crippen LogP contribution in [0.1, 0.15) is 49.6 Å². The maximum atomic E-state index is 12.5. The molecule has 2 aromatic rings. The molecule has 25 heavy (non-hydrogen) atoms. The van der Waals surface area contributed by atoms with Gasteiger partial charge in [-0.25, -0.2) is 0 Å². The molecule has 4 rings (SSSR count). The van der Waals surface area contributed by atoms with Gasteiger partial charge in [-0.1, -0.05) is 18.0 Å². The number of nitrogens with one attached hydrogen (secondary N) is 1. The van der Waals surface area contributed by atoms with E-state index >= 15 is 0 Å². The SMILES string of the molecule is CCO[C@@H]1C[C@@H](NC(=O)c2noc(-c3cccnc3)n2)C12CCCC2. The van der Waals surface area contributed by atoms with Crippen molar-refractivity contribution in [1.82, 2.24) is 20.4 Å². The first-order valence-electron chi connectivity index (χ1n) is 8.89. The van der Waals surface area contributed by atoms with Crippen LogP contribution in [0, 0.1) is 5.41 Å². The van der Waals surface area contributed by atoms with E-state index in [0.29, 0.717) is 18.1 Å². The molecule has 0 radical (unpaired) electrons. The summed E-state index contributed by atoms with van der Waals surface area (Å²) in [6.45, 7) is 2.74. The zero-order valence-electron chi connectivity index (χ0n) is 14.3. The number of ether oxygens (including phenoxy) is 1. The summed E-state index contributed by atoms with van der Waals surface area (Å²) < 4.78 is 11.1. The number of hydrogen-bond acceptors (Lipinski definition) is 6. The minimum atomic E-state index is -0.287. The van der Waals surface area contributed by atoms with E-state index in [9.17, 15) is 4.79 Å². The zero-order valence-corrected chi connectivity index (χ0v) is 14.3. The van der Waals surface area contributed by atoms with E-state index in [1.807, 2.05) is 13.0 Å². The topological polar surface area (TPSA) is 90.1 Å². The molecule has 7 nitrogen and oxygen atoms in total. The van der Waals surface area contributed by atoms with Gasteiger partial charge in [-0.3, -0.25) is 9.78 Å². The van der Waals surface area contributed by atoms with E-state index < -0.39 is 0 Å². The summed E-state index contributed by atoms with van der Waals surface area (Å²) in [7, 11) is 0. The lowest BCUT2D eigenvalue weighted by atomic mass is 9.60. The summed E-state index contributed by atoms with van der Waals surface area (Å²) in [6, 6.07) is 3.72. The number of aromatic nitrogens is 3. The number of rotatable bonds is 5. The number of carbonyl (C=O) groups excluding carboxylic acids is 1. The van der Waals surface area contributed by atoms with Gasteiger partial charge in [0.15, 0.2) is 0 Å². The molecule has 0 bridgehead atoms. The number of hydrogen-bond donors (Lipinski definition) is 1. The molecule has 2 aromatic heterocycles. The van der Waals surface area contributed by atoms with E-state index in [1.54, 1.807) is 18.5 Å². The first-order chi connectivity index (χ1) is 12.2. The second kappa shape index (κ2) is 6.55. The van der Waals surface area contributed by atoms with Gasteiger partial charge < -0.3 is 14.6 Å². The Bertz CT molecular complexity index is 740. The average molecular weight is 342 g/mol. The molecule has 2 saturated carbocycles. The first-order valence-corrected chi connectivity index (χ1v) is 8.89. The maximum Gasteiger partial charge on any atom is 0.292 e. The minimum Gasteiger partial charge on any atom is -0.378 e. The molecule has 2 fully saturated rings. The third kappa shape index (κ3) is 2.82. The van der Waals surface area contributed by atoms with Crippen LogP contribution in [0.4, 0.5) is 0 Å². The average Bonchev–Trinajstić information content (AvgIpc) is 3.32. The molecule has 7 heteroatoms. The van der Waals surface area contributed by atoms with Crippen molar-refractivity contribution in [3.05, 3.63) is 30.4 Å². The quantitative estimate of drug-likeness (QED) is 0.898. The van der Waals surface area contributed by atoms with Crippen LogP contribution < -0.4 is 5.32 Å². The summed E-state index contributed by atoms with van der Waals surface area (Å²) in [5, 5.41) is 6.92. The highest BCUT2D eigenvalue weighted by atomic mass is 16.5. The highest BCUT2D eigenvalue weighted by Crippen LogP contribution is 2.54. The number of amides is 1. The second-order valence-corrected chi connectivity index (χ2v) is 6.81. The Morgan fingerprint density at radius 1 is 1.44 bits per heavy atom. The summed E-state index contributed by atoms with van der Waals surface area (Å²) in [5.41, 5.74) is 0.781. The van der Waals surface area contributed by atoms with Crippen LogP contribution in [0.2, 0.25) is 0 Å². The fourth-order valence-electron chi connectivity index (χ4n) is 4.23. The van der Waals surface area contributed by atoms with Gasteiger partial charge >= 0.3 is 0 Å². The predicted molar refractivity (Wildman–Crippen MR) is 89.7 cm³/mol. The summed E-state index contributed by atoms with van der Waals surface area (Å²) in [6.07, 6.45) is 9.01. The molecule has 0 aromatic carbocycles. The molecular formula is C18H22N4O3. The Labute approximate surface area is 146 Å². The van der Waals surface area contributed by atoms with Crippen LogP contribution in [0.25, 0.3) is 11.5 Å². The van der Waals surface area contributed by atoms with Crippen molar-refractivity contribution in [2.45, 2.75) is 51.2 Å². The van der Waals surface area contributed by atoms with Gasteiger partial charge in [0.25, 0.3) is 17.6 Å². The lowest BCUT2D eigenvalue weighted by Crippen LogP contribution is -2.63. The molecule has 1 N–H and O–H groups in total. The molecule has 0 unspecified atom stereocenters. The molecule has 2 aliphatic rings. The summed E-state index contributed by atoms with van der Waals surface area (Å²) in [5.74, 6) is 0.0756. The minimum absolute atomic E-state index is 0.0619. The molecule has 2 aliphatic carbocycles. The van der Waals surface area contributed by atoms with Crippen molar-refractivity contribution in [2.24, 2.45) is 5.41 Å². The predicted octanol–water partition coefficient (Wildman–Crippen LogP) is 2.60. The highest BCUT2D eigenvalue weighted by molar-refractivity contribution is 5.91. The monoisotopic (exact) mass is 342 g/mol. The molecule has 1 amide bonds. The van der Waals surface area contributed by atoms with Crippen molar-refractivity contribution in [1.29, 1.82) is 0 Å². The molecule has 2 atom stereocenters. The fraction of sp³-hybridized carbons (Fsp3) is 0.556. The zero-order chi connectivity index (χ0) is 17.3. The van der Waals surface area contributed by atoms with Crippen LogP contribution >= 0.6 is 0 Å². The van der Waals surface area contributed by atoms with Gasteiger partial charge in [0.1, 0.15) is 0 Å². The molecular weight excluding hydrogens is 320 g/mol. The van der Waals surface area contributed by atoms with Crippen molar-refractivity contribution >= 4 is 5.91 Å². The van der Waals surface area contributed by atoms with E-state index in [4.69, 9.17) is 9.26 Å². The van der Waals surface area contributed by atoms with Gasteiger partial charge in [-0.05, 0) is 38.3 Å². The van der Waals surface area contributed by atoms with Gasteiger partial charge in [0.2, 0.25) is 0 Å². The lowest BCUT2D eigenvalue weighted by Gasteiger charge is -2.53. The van der Waals surface area contributed by atoms with E-state index in [2.05, 4.69) is 20.4 Å². The smallest absolute Gasteiger partial charge is 0.292 e. The Kier molecular flexibility index (Phi) is 4.25. The van der Waals surface area contributed by atoms with Gasteiger partial charge in [-0.15, -0.1) is 0 Å². The van der Waals surface area contributed by atoms with Crippen molar-refractivity contribution in [3.8, 4) is 11.5 Å². The Hall–Kier alpha value is -2.28. The van der Waals surface area contributed by atoms with Crippen molar-refractivity contribution in [2.75, 3.05) is 6.61 Å². The van der Waals surface area contributed by atoms with Crippen LogP contribution in [0.5, 0.6) is 0 Å². The maximum absolute atomic E-state index is 12.5. The second-order valence-electron chi connectivity index (χ2n) is 6.81. The standard InChI is InChI=1S/C18H22N4O3/c1-2-24-14-10-13(18(14)7-3-4-8-18)20-16(23)15-21-17(25-22-15)12-6-5-9-19-11-12/h5-6,9,11,13-14H,2-4,7-8,10H2,1H3,(H,20,23)/t13-,14-/m1/s1. The lowest BCUT2D eigenvalue weighted by molar-refractivity contribution is -0.127. The van der Waals surface area contributed by atoms with Crippen LogP contribution in [0.3, 0.4) is 0 Å². The van der Waals surface area contributed by atoms with Crippen molar-refractivity contribution in [3.63, 3.8) is 0 Å². The van der Waals surface area contributed by atoms with E-state index in [-0.39, 0.29) is 29.3 Å². The Balaban J connectivity index is 1.45. The van der Waals surface area contributed by atoms with Gasteiger partial charge in [0, 0.05) is 30.5 Å². The van der Waals surface area contributed by atoms with E-state index in [0.717, 1.165) is 19.3 Å². The van der Waals surface area contributed by atoms with Crippen molar-refractivity contribution < 1.29 is 14.1 Å². The highest BCUT2D eigenvalue weighted by Gasteiger charge is 2.57. The first kappa shape index (κ1) is 16.2.